The van der Waals surface area contributed by atoms with Gasteiger partial charge in [0, 0.05) is 19.3 Å². The van der Waals surface area contributed by atoms with E-state index in [2.05, 4.69) is 17.1 Å². The van der Waals surface area contributed by atoms with E-state index in [1.54, 1.807) is 11.9 Å². The number of carboxylic acid groups (broad SMARTS) is 1. The number of aromatic nitrogens is 1. The summed E-state index contributed by atoms with van der Waals surface area (Å²) >= 11 is 0. The first kappa shape index (κ1) is 15.2. The molecular formula is C18H18N2O3. The van der Waals surface area contributed by atoms with E-state index in [0.717, 1.165) is 19.3 Å². The highest BCUT2D eigenvalue weighted by Crippen LogP contribution is 2.24. The van der Waals surface area contributed by atoms with Gasteiger partial charge in [-0.25, -0.2) is 4.79 Å². The van der Waals surface area contributed by atoms with Crippen LogP contribution in [-0.2, 0) is 12.8 Å². The zero-order valence-corrected chi connectivity index (χ0v) is 12.9. The highest BCUT2D eigenvalue weighted by atomic mass is 16.4. The summed E-state index contributed by atoms with van der Waals surface area (Å²) in [6.45, 7) is 0. The average Bonchev–Trinajstić information content (AvgIpc) is 2.60. The van der Waals surface area contributed by atoms with Crippen LogP contribution >= 0.6 is 0 Å². The molecule has 0 aliphatic heterocycles. The van der Waals surface area contributed by atoms with Gasteiger partial charge in [0.05, 0.1) is 5.56 Å². The first-order valence-electron chi connectivity index (χ1n) is 7.59. The van der Waals surface area contributed by atoms with Gasteiger partial charge in [-0.2, -0.15) is 0 Å². The molecule has 1 N–H and O–H groups in total. The Hall–Kier alpha value is -2.69. The number of carbonyl (C=O) groups is 2. The minimum absolute atomic E-state index is 0.0748. The SMILES string of the molecule is CN(C(=O)c1cc(C(=O)O)ccn1)[C@H]1CCc2ccccc2C1. The number of carbonyl (C=O) groups excluding carboxylic acids is 1. The predicted molar refractivity (Wildman–Crippen MR) is 85.5 cm³/mol. The third kappa shape index (κ3) is 3.08. The van der Waals surface area contributed by atoms with Crippen molar-refractivity contribution in [2.45, 2.75) is 25.3 Å². The number of benzene rings is 1. The Kier molecular flexibility index (Phi) is 4.10. The van der Waals surface area contributed by atoms with Gasteiger partial charge in [-0.05, 0) is 42.5 Å². The number of hydrogen-bond acceptors (Lipinski definition) is 3. The normalized spacial score (nSPS) is 16.5. The molecule has 23 heavy (non-hydrogen) atoms. The van der Waals surface area contributed by atoms with Crippen LogP contribution in [0.5, 0.6) is 0 Å². The second-order valence-electron chi connectivity index (χ2n) is 5.82. The van der Waals surface area contributed by atoms with Crippen molar-refractivity contribution in [2.24, 2.45) is 0 Å². The fourth-order valence-corrected chi connectivity index (χ4v) is 3.04. The number of hydrogen-bond donors (Lipinski definition) is 1. The van der Waals surface area contributed by atoms with Gasteiger partial charge >= 0.3 is 5.97 Å². The second kappa shape index (κ2) is 6.20. The molecule has 0 spiro atoms. The summed E-state index contributed by atoms with van der Waals surface area (Å²) in [6.07, 6.45) is 4.02. The maximum absolute atomic E-state index is 12.6. The quantitative estimate of drug-likeness (QED) is 0.945. The number of likely N-dealkylation sites (N-methyl/N-ethyl adjacent to an activating group) is 1. The third-order valence-corrected chi connectivity index (χ3v) is 4.41. The van der Waals surface area contributed by atoms with Crippen LogP contribution in [0.4, 0.5) is 0 Å². The van der Waals surface area contributed by atoms with Crippen LogP contribution in [-0.4, -0.2) is 40.0 Å². The molecule has 1 atom stereocenters. The van der Waals surface area contributed by atoms with Gasteiger partial charge in [0.1, 0.15) is 5.69 Å². The van der Waals surface area contributed by atoms with E-state index in [1.165, 1.54) is 29.5 Å². The van der Waals surface area contributed by atoms with E-state index >= 15 is 0 Å². The number of amides is 1. The van der Waals surface area contributed by atoms with Crippen molar-refractivity contribution < 1.29 is 14.7 Å². The molecule has 0 unspecified atom stereocenters. The lowest BCUT2D eigenvalue weighted by atomic mass is 9.87. The van der Waals surface area contributed by atoms with Crippen LogP contribution in [0.15, 0.2) is 42.6 Å². The number of pyridine rings is 1. The van der Waals surface area contributed by atoms with E-state index in [4.69, 9.17) is 5.11 Å². The minimum Gasteiger partial charge on any atom is -0.478 e. The maximum atomic E-state index is 12.6. The Balaban J connectivity index is 1.78. The summed E-state index contributed by atoms with van der Waals surface area (Å²) in [4.78, 5) is 29.3. The van der Waals surface area contributed by atoms with Crippen LogP contribution in [0.25, 0.3) is 0 Å². The smallest absolute Gasteiger partial charge is 0.335 e. The standard InChI is InChI=1S/C18H18N2O3/c1-20(15-7-6-12-4-2-3-5-13(12)10-15)17(21)16-11-14(18(22)23)8-9-19-16/h2-5,8-9,11,15H,6-7,10H2,1H3,(H,22,23)/t15-/m0/s1. The van der Waals surface area contributed by atoms with Gasteiger partial charge in [0.25, 0.3) is 5.91 Å². The topological polar surface area (TPSA) is 70.5 Å². The van der Waals surface area contributed by atoms with Gasteiger partial charge in [0.15, 0.2) is 0 Å². The van der Waals surface area contributed by atoms with Crippen LogP contribution in [0.3, 0.4) is 0 Å². The molecule has 5 nitrogen and oxygen atoms in total. The lowest BCUT2D eigenvalue weighted by molar-refractivity contribution is 0.0696. The van der Waals surface area contributed by atoms with Gasteiger partial charge in [0.2, 0.25) is 0 Å². The molecule has 1 aliphatic rings. The van der Waals surface area contributed by atoms with Crippen molar-refractivity contribution in [3.8, 4) is 0 Å². The van der Waals surface area contributed by atoms with Gasteiger partial charge in [-0.1, -0.05) is 24.3 Å². The Morgan fingerprint density at radius 2 is 1.96 bits per heavy atom. The summed E-state index contributed by atoms with van der Waals surface area (Å²) in [5, 5.41) is 9.03. The number of carboxylic acids is 1. The molecule has 1 aromatic carbocycles. The van der Waals surface area contributed by atoms with E-state index in [0.29, 0.717) is 0 Å². The molecule has 5 heteroatoms. The maximum Gasteiger partial charge on any atom is 0.335 e. The number of fused-ring (bicyclic) bond motifs is 1. The number of nitrogens with zero attached hydrogens (tertiary/aromatic N) is 2. The zero-order chi connectivity index (χ0) is 16.4. The molecule has 118 valence electrons. The molecule has 0 bridgehead atoms. The highest BCUT2D eigenvalue weighted by Gasteiger charge is 2.26. The summed E-state index contributed by atoms with van der Waals surface area (Å²) in [5.74, 6) is -1.30. The molecule has 3 rings (SSSR count). The van der Waals surface area contributed by atoms with E-state index in [1.807, 2.05) is 12.1 Å². The fourth-order valence-electron chi connectivity index (χ4n) is 3.04. The Morgan fingerprint density at radius 1 is 1.22 bits per heavy atom. The third-order valence-electron chi connectivity index (χ3n) is 4.41. The van der Waals surface area contributed by atoms with E-state index in [-0.39, 0.29) is 23.2 Å². The molecule has 1 heterocycles. The zero-order valence-electron chi connectivity index (χ0n) is 12.9. The number of aryl methyl sites for hydroxylation is 1. The monoisotopic (exact) mass is 310 g/mol. The van der Waals surface area contributed by atoms with E-state index < -0.39 is 5.97 Å². The minimum atomic E-state index is -1.06. The Bertz CT molecular complexity index is 757. The first-order valence-corrected chi connectivity index (χ1v) is 7.59. The van der Waals surface area contributed by atoms with Crippen molar-refractivity contribution in [3.63, 3.8) is 0 Å². The number of rotatable bonds is 3. The molecule has 1 aromatic heterocycles. The van der Waals surface area contributed by atoms with Crippen molar-refractivity contribution in [2.75, 3.05) is 7.05 Å². The van der Waals surface area contributed by atoms with Crippen LogP contribution in [0.2, 0.25) is 0 Å². The molecular weight excluding hydrogens is 292 g/mol. The summed E-state index contributed by atoms with van der Waals surface area (Å²) in [6, 6.07) is 11.1. The lowest BCUT2D eigenvalue weighted by Gasteiger charge is -2.32. The molecule has 1 aliphatic carbocycles. The molecule has 0 radical (unpaired) electrons. The number of aromatic carboxylic acids is 1. The molecule has 0 saturated carbocycles. The van der Waals surface area contributed by atoms with Crippen molar-refractivity contribution in [1.82, 2.24) is 9.88 Å². The largest absolute Gasteiger partial charge is 0.478 e. The fraction of sp³-hybridized carbons (Fsp3) is 0.278. The molecule has 2 aromatic rings. The first-order chi connectivity index (χ1) is 11.1. The summed E-state index contributed by atoms with van der Waals surface area (Å²) < 4.78 is 0. The van der Waals surface area contributed by atoms with Gasteiger partial charge in [-0.3, -0.25) is 9.78 Å². The highest BCUT2D eigenvalue weighted by molar-refractivity contribution is 5.95. The van der Waals surface area contributed by atoms with Crippen LogP contribution in [0, 0.1) is 0 Å². The van der Waals surface area contributed by atoms with Crippen molar-refractivity contribution >= 4 is 11.9 Å². The van der Waals surface area contributed by atoms with Crippen LogP contribution < -0.4 is 0 Å². The summed E-state index contributed by atoms with van der Waals surface area (Å²) in [5.41, 5.74) is 2.86. The Morgan fingerprint density at radius 3 is 2.70 bits per heavy atom. The van der Waals surface area contributed by atoms with Gasteiger partial charge in [-0.15, -0.1) is 0 Å². The Labute approximate surface area is 134 Å². The van der Waals surface area contributed by atoms with Crippen molar-refractivity contribution in [3.05, 3.63) is 65.0 Å². The average molecular weight is 310 g/mol. The predicted octanol–water partition coefficient (Wildman–Crippen LogP) is 2.41. The molecule has 1 amide bonds. The molecule has 0 saturated heterocycles. The molecule has 0 fully saturated rings. The van der Waals surface area contributed by atoms with Crippen LogP contribution in [0.1, 0.15) is 38.4 Å². The summed E-state index contributed by atoms with van der Waals surface area (Å²) in [7, 11) is 1.76. The second-order valence-corrected chi connectivity index (χ2v) is 5.82. The van der Waals surface area contributed by atoms with E-state index in [9.17, 15) is 9.59 Å². The van der Waals surface area contributed by atoms with Crippen molar-refractivity contribution in [1.29, 1.82) is 0 Å². The lowest BCUT2D eigenvalue weighted by Crippen LogP contribution is -2.41. The van der Waals surface area contributed by atoms with Gasteiger partial charge < -0.3 is 10.0 Å².